The van der Waals surface area contributed by atoms with Crippen molar-refractivity contribution in [3.63, 3.8) is 0 Å². The number of aliphatic hydroxyl groups excluding tert-OH is 1. The first kappa shape index (κ1) is 11.0. The lowest BCUT2D eigenvalue weighted by Crippen LogP contribution is -2.42. The van der Waals surface area contributed by atoms with Gasteiger partial charge < -0.3 is 10.4 Å². The molecule has 0 radical (unpaired) electrons. The fourth-order valence-electron chi connectivity index (χ4n) is 2.05. The smallest absolute Gasteiger partial charge is 0.0499 e. The van der Waals surface area contributed by atoms with E-state index in [-0.39, 0.29) is 5.41 Å². The summed E-state index contributed by atoms with van der Waals surface area (Å²) in [6.45, 7) is 7.00. The molecule has 0 aromatic carbocycles. The third-order valence-corrected chi connectivity index (χ3v) is 3.15. The van der Waals surface area contributed by atoms with Crippen molar-refractivity contribution in [3.05, 3.63) is 0 Å². The average molecular weight is 185 g/mol. The normalized spacial score (nSPS) is 29.5. The van der Waals surface area contributed by atoms with Crippen molar-refractivity contribution in [1.82, 2.24) is 5.32 Å². The number of hydrogen-bond donors (Lipinski definition) is 2. The highest BCUT2D eigenvalue weighted by molar-refractivity contribution is 4.84. The number of aliphatic hydroxyl groups is 1. The van der Waals surface area contributed by atoms with Crippen molar-refractivity contribution >= 4 is 0 Å². The van der Waals surface area contributed by atoms with Gasteiger partial charge in [-0.15, -0.1) is 0 Å². The largest absolute Gasteiger partial charge is 0.396 e. The number of hydrogen-bond acceptors (Lipinski definition) is 2. The lowest BCUT2D eigenvalue weighted by Gasteiger charge is -2.36. The molecular formula is C11H23NO. The molecule has 13 heavy (non-hydrogen) atoms. The van der Waals surface area contributed by atoms with E-state index in [1.807, 2.05) is 0 Å². The molecule has 0 amide bonds. The molecule has 1 saturated heterocycles. The van der Waals surface area contributed by atoms with Gasteiger partial charge in [0.1, 0.15) is 0 Å². The van der Waals surface area contributed by atoms with Gasteiger partial charge in [0.05, 0.1) is 0 Å². The molecule has 2 heteroatoms. The van der Waals surface area contributed by atoms with Crippen LogP contribution in [-0.2, 0) is 0 Å². The number of nitrogens with one attached hydrogen (secondary N) is 1. The fraction of sp³-hybridized carbons (Fsp3) is 1.00. The van der Waals surface area contributed by atoms with Gasteiger partial charge in [0.2, 0.25) is 0 Å². The SMILES string of the molecule is CC(C)CCC1(CO)CCCNC1. The van der Waals surface area contributed by atoms with Crippen LogP contribution in [0.3, 0.4) is 0 Å². The predicted molar refractivity (Wildman–Crippen MR) is 55.7 cm³/mol. The minimum atomic E-state index is 0.197. The zero-order valence-electron chi connectivity index (χ0n) is 8.97. The first-order valence-electron chi connectivity index (χ1n) is 5.50. The van der Waals surface area contributed by atoms with Crippen LogP contribution in [0.1, 0.15) is 39.5 Å². The second-order valence-corrected chi connectivity index (χ2v) is 4.87. The maximum absolute atomic E-state index is 9.41. The molecule has 0 aromatic rings. The predicted octanol–water partition coefficient (Wildman–Crippen LogP) is 1.78. The van der Waals surface area contributed by atoms with E-state index in [4.69, 9.17) is 0 Å². The first-order chi connectivity index (χ1) is 6.18. The van der Waals surface area contributed by atoms with E-state index in [1.54, 1.807) is 0 Å². The van der Waals surface area contributed by atoms with Crippen LogP contribution in [0.5, 0.6) is 0 Å². The molecule has 0 aromatic heterocycles. The van der Waals surface area contributed by atoms with Gasteiger partial charge in [0, 0.05) is 18.6 Å². The van der Waals surface area contributed by atoms with Crippen LogP contribution in [0.25, 0.3) is 0 Å². The lowest BCUT2D eigenvalue weighted by molar-refractivity contribution is 0.0802. The van der Waals surface area contributed by atoms with E-state index in [1.165, 1.54) is 25.7 Å². The second-order valence-electron chi connectivity index (χ2n) is 4.87. The van der Waals surface area contributed by atoms with Gasteiger partial charge in [-0.25, -0.2) is 0 Å². The summed E-state index contributed by atoms with van der Waals surface area (Å²) in [7, 11) is 0. The molecule has 1 aliphatic rings. The molecule has 2 N–H and O–H groups in total. The van der Waals surface area contributed by atoms with Crippen molar-refractivity contribution in [2.75, 3.05) is 19.7 Å². The van der Waals surface area contributed by atoms with Crippen molar-refractivity contribution < 1.29 is 5.11 Å². The second kappa shape index (κ2) is 4.97. The topological polar surface area (TPSA) is 32.3 Å². The monoisotopic (exact) mass is 185 g/mol. The van der Waals surface area contributed by atoms with Gasteiger partial charge >= 0.3 is 0 Å². The van der Waals surface area contributed by atoms with Crippen LogP contribution >= 0.6 is 0 Å². The number of piperidine rings is 1. The summed E-state index contributed by atoms with van der Waals surface area (Å²) in [6.07, 6.45) is 4.83. The van der Waals surface area contributed by atoms with Crippen LogP contribution in [0, 0.1) is 11.3 Å². The zero-order valence-corrected chi connectivity index (χ0v) is 8.97. The van der Waals surface area contributed by atoms with Crippen molar-refractivity contribution in [2.45, 2.75) is 39.5 Å². The maximum atomic E-state index is 9.41. The molecule has 0 spiro atoms. The summed E-state index contributed by atoms with van der Waals surface area (Å²) >= 11 is 0. The Morgan fingerprint density at radius 3 is 2.69 bits per heavy atom. The van der Waals surface area contributed by atoms with Crippen molar-refractivity contribution in [1.29, 1.82) is 0 Å². The first-order valence-corrected chi connectivity index (χ1v) is 5.50. The quantitative estimate of drug-likeness (QED) is 0.700. The van der Waals surface area contributed by atoms with Crippen LogP contribution in [0.15, 0.2) is 0 Å². The van der Waals surface area contributed by atoms with Gasteiger partial charge in [-0.2, -0.15) is 0 Å². The van der Waals surface area contributed by atoms with E-state index in [0.29, 0.717) is 6.61 Å². The van der Waals surface area contributed by atoms with Crippen molar-refractivity contribution in [2.24, 2.45) is 11.3 Å². The zero-order chi connectivity index (χ0) is 9.73. The Morgan fingerprint density at radius 2 is 2.23 bits per heavy atom. The molecule has 1 rings (SSSR count). The van der Waals surface area contributed by atoms with Crippen molar-refractivity contribution in [3.8, 4) is 0 Å². The highest BCUT2D eigenvalue weighted by Crippen LogP contribution is 2.32. The Morgan fingerprint density at radius 1 is 1.46 bits per heavy atom. The molecule has 1 atom stereocenters. The maximum Gasteiger partial charge on any atom is 0.0499 e. The third-order valence-electron chi connectivity index (χ3n) is 3.15. The van der Waals surface area contributed by atoms with Gasteiger partial charge in [-0.3, -0.25) is 0 Å². The van der Waals surface area contributed by atoms with E-state index in [2.05, 4.69) is 19.2 Å². The van der Waals surface area contributed by atoms with Gasteiger partial charge in [-0.05, 0) is 31.7 Å². The minimum absolute atomic E-state index is 0.197. The summed E-state index contributed by atoms with van der Waals surface area (Å²) in [5.74, 6) is 0.755. The Bertz CT molecular complexity index is 139. The summed E-state index contributed by atoms with van der Waals surface area (Å²) in [4.78, 5) is 0. The van der Waals surface area contributed by atoms with Crippen LogP contribution < -0.4 is 5.32 Å². The Kier molecular flexibility index (Phi) is 4.20. The molecule has 1 heterocycles. The van der Waals surface area contributed by atoms with E-state index < -0.39 is 0 Å². The van der Waals surface area contributed by atoms with E-state index in [0.717, 1.165) is 19.0 Å². The highest BCUT2D eigenvalue weighted by Gasteiger charge is 2.30. The Hall–Kier alpha value is -0.0800. The summed E-state index contributed by atoms with van der Waals surface area (Å²) in [5, 5.41) is 12.8. The molecular weight excluding hydrogens is 162 g/mol. The van der Waals surface area contributed by atoms with Gasteiger partial charge in [-0.1, -0.05) is 20.3 Å². The molecule has 1 unspecified atom stereocenters. The Balaban J connectivity index is 2.38. The molecule has 0 saturated carbocycles. The molecule has 2 nitrogen and oxygen atoms in total. The molecule has 1 fully saturated rings. The summed E-state index contributed by atoms with van der Waals surface area (Å²) in [5.41, 5.74) is 0.197. The molecule has 0 bridgehead atoms. The van der Waals surface area contributed by atoms with Crippen LogP contribution in [0.2, 0.25) is 0 Å². The van der Waals surface area contributed by atoms with Gasteiger partial charge in [0.15, 0.2) is 0 Å². The average Bonchev–Trinajstić information content (AvgIpc) is 2.16. The standard InChI is InChI=1S/C11H23NO/c1-10(2)4-6-11(9-13)5-3-7-12-8-11/h10,12-13H,3-9H2,1-2H3. The summed E-state index contributed by atoms with van der Waals surface area (Å²) < 4.78 is 0. The number of rotatable bonds is 4. The Labute approximate surface area is 81.7 Å². The van der Waals surface area contributed by atoms with Crippen LogP contribution in [0.4, 0.5) is 0 Å². The minimum Gasteiger partial charge on any atom is -0.396 e. The summed E-state index contributed by atoms with van der Waals surface area (Å²) in [6, 6.07) is 0. The van der Waals surface area contributed by atoms with E-state index in [9.17, 15) is 5.11 Å². The molecule has 78 valence electrons. The third kappa shape index (κ3) is 3.28. The van der Waals surface area contributed by atoms with E-state index >= 15 is 0 Å². The molecule has 0 aliphatic carbocycles. The molecule has 1 aliphatic heterocycles. The highest BCUT2D eigenvalue weighted by atomic mass is 16.3. The fourth-order valence-corrected chi connectivity index (χ4v) is 2.05. The van der Waals surface area contributed by atoms with Crippen LogP contribution in [-0.4, -0.2) is 24.8 Å². The lowest BCUT2D eigenvalue weighted by atomic mass is 9.76. The van der Waals surface area contributed by atoms with Gasteiger partial charge in [0.25, 0.3) is 0 Å².